The van der Waals surface area contributed by atoms with Crippen LogP contribution in [0.25, 0.3) is 0 Å². The number of benzene rings is 3. The maximum Gasteiger partial charge on any atom is 0.417 e. The molecule has 0 aliphatic carbocycles. The number of unbranched alkanes of at least 4 members (excludes halogenated alkanes) is 6. The normalized spacial score (nSPS) is 10.6. The molecule has 0 atom stereocenters. The largest absolute Gasteiger partial charge is 0.417 e. The fraction of sp³-hybridized carbons (Fsp3) is 0.394. The Morgan fingerprint density at radius 3 is 1.67 bits per heavy atom. The standard InChI is InChI=1S/C33H42N2O4/c1-4-6-8-10-18-26-20-12-14-23-29(26)38-32(36)34-28-22-16-17-25(3)31(28)35-33(37)39-30-24-15-13-21-27(30)19-11-9-7-5-2/h12-17,20-24H,4-11,18-19H2,1-3H3,(H,34,36)(H,35,37). The van der Waals surface area contributed by atoms with E-state index in [2.05, 4.69) is 24.5 Å². The van der Waals surface area contributed by atoms with E-state index < -0.39 is 12.2 Å². The van der Waals surface area contributed by atoms with Gasteiger partial charge < -0.3 is 9.47 Å². The van der Waals surface area contributed by atoms with E-state index >= 15 is 0 Å². The summed E-state index contributed by atoms with van der Waals surface area (Å²) in [6.07, 6.45) is 9.60. The molecule has 208 valence electrons. The average Bonchev–Trinajstić information content (AvgIpc) is 2.93. The number of para-hydroxylation sites is 3. The molecule has 0 aliphatic heterocycles. The third kappa shape index (κ3) is 9.78. The lowest BCUT2D eigenvalue weighted by Crippen LogP contribution is -2.22. The van der Waals surface area contributed by atoms with Crippen molar-refractivity contribution in [1.29, 1.82) is 0 Å². The van der Waals surface area contributed by atoms with Gasteiger partial charge in [-0.2, -0.15) is 0 Å². The molecule has 0 saturated heterocycles. The van der Waals surface area contributed by atoms with E-state index in [1.165, 1.54) is 25.7 Å². The zero-order valence-electron chi connectivity index (χ0n) is 23.6. The highest BCUT2D eigenvalue weighted by Crippen LogP contribution is 2.28. The van der Waals surface area contributed by atoms with Crippen molar-refractivity contribution in [2.75, 3.05) is 10.6 Å². The van der Waals surface area contributed by atoms with Crippen LogP contribution in [-0.4, -0.2) is 12.2 Å². The molecule has 0 aliphatic rings. The molecular weight excluding hydrogens is 488 g/mol. The molecule has 0 aromatic heterocycles. The Balaban J connectivity index is 1.65. The summed E-state index contributed by atoms with van der Waals surface area (Å²) in [5.74, 6) is 1.09. The molecule has 0 spiro atoms. The Kier molecular flexibility index (Phi) is 12.4. The topological polar surface area (TPSA) is 76.7 Å². The first kappa shape index (κ1) is 29.8. The highest BCUT2D eigenvalue weighted by molar-refractivity contribution is 5.97. The van der Waals surface area contributed by atoms with E-state index in [1.54, 1.807) is 12.1 Å². The van der Waals surface area contributed by atoms with Crippen LogP contribution in [-0.2, 0) is 12.8 Å². The van der Waals surface area contributed by atoms with Crippen LogP contribution in [0.1, 0.15) is 81.9 Å². The molecule has 2 N–H and O–H groups in total. The van der Waals surface area contributed by atoms with Gasteiger partial charge in [0, 0.05) is 0 Å². The third-order valence-electron chi connectivity index (χ3n) is 6.69. The van der Waals surface area contributed by atoms with Crippen LogP contribution in [0.4, 0.5) is 21.0 Å². The number of anilines is 2. The molecule has 3 aromatic rings. The first-order valence-corrected chi connectivity index (χ1v) is 14.2. The molecule has 0 radical (unpaired) electrons. The van der Waals surface area contributed by atoms with Crippen molar-refractivity contribution in [3.05, 3.63) is 83.4 Å². The highest BCUT2D eigenvalue weighted by Gasteiger charge is 2.16. The number of hydrogen-bond donors (Lipinski definition) is 2. The summed E-state index contributed by atoms with van der Waals surface area (Å²) in [7, 11) is 0. The summed E-state index contributed by atoms with van der Waals surface area (Å²) in [4.78, 5) is 25.8. The van der Waals surface area contributed by atoms with Gasteiger partial charge in [0.25, 0.3) is 0 Å². The Morgan fingerprint density at radius 1 is 0.615 bits per heavy atom. The van der Waals surface area contributed by atoms with Gasteiger partial charge in [0.1, 0.15) is 11.5 Å². The first-order valence-electron chi connectivity index (χ1n) is 14.2. The van der Waals surface area contributed by atoms with Crippen LogP contribution in [0.15, 0.2) is 66.7 Å². The van der Waals surface area contributed by atoms with Gasteiger partial charge >= 0.3 is 12.2 Å². The number of amides is 2. The zero-order valence-corrected chi connectivity index (χ0v) is 23.6. The maximum absolute atomic E-state index is 12.9. The van der Waals surface area contributed by atoms with E-state index in [4.69, 9.17) is 9.47 Å². The number of aryl methyl sites for hydroxylation is 3. The zero-order chi connectivity index (χ0) is 27.9. The fourth-order valence-electron chi connectivity index (χ4n) is 4.50. The molecule has 3 aromatic carbocycles. The Bertz CT molecular complexity index is 1210. The molecule has 0 heterocycles. The molecule has 0 unspecified atom stereocenters. The number of carbonyl (C=O) groups is 2. The highest BCUT2D eigenvalue weighted by atomic mass is 16.6. The quantitative estimate of drug-likeness (QED) is 0.204. The molecule has 2 amide bonds. The minimum absolute atomic E-state index is 0.435. The molecular formula is C33H42N2O4. The summed E-state index contributed by atoms with van der Waals surface area (Å²) in [6.45, 7) is 6.23. The Morgan fingerprint density at radius 2 is 1.13 bits per heavy atom. The van der Waals surface area contributed by atoms with Gasteiger partial charge in [0.15, 0.2) is 0 Å². The number of nitrogens with one attached hydrogen (secondary N) is 2. The maximum atomic E-state index is 12.9. The van der Waals surface area contributed by atoms with Gasteiger partial charge in [-0.3, -0.25) is 10.6 Å². The van der Waals surface area contributed by atoms with Gasteiger partial charge in [0.05, 0.1) is 11.4 Å². The predicted octanol–water partition coefficient (Wildman–Crippen LogP) is 9.46. The number of hydrogen-bond acceptors (Lipinski definition) is 4. The van der Waals surface area contributed by atoms with Crippen LogP contribution in [0.3, 0.4) is 0 Å². The SMILES string of the molecule is CCCCCCc1ccccc1OC(=O)Nc1cccc(C)c1NC(=O)Oc1ccccc1CCCCCC. The van der Waals surface area contributed by atoms with Crippen LogP contribution in [0.5, 0.6) is 11.5 Å². The second-order valence-electron chi connectivity index (χ2n) is 9.86. The van der Waals surface area contributed by atoms with Crippen LogP contribution in [0.2, 0.25) is 0 Å². The smallest absolute Gasteiger partial charge is 0.410 e. The summed E-state index contributed by atoms with van der Waals surface area (Å²) < 4.78 is 11.4. The van der Waals surface area contributed by atoms with E-state index in [9.17, 15) is 9.59 Å². The lowest BCUT2D eigenvalue weighted by molar-refractivity contribution is 0.213. The minimum atomic E-state index is -0.615. The van der Waals surface area contributed by atoms with Gasteiger partial charge in [-0.25, -0.2) is 9.59 Å². The predicted molar refractivity (Wildman–Crippen MR) is 159 cm³/mol. The van der Waals surface area contributed by atoms with Crippen molar-refractivity contribution >= 4 is 23.6 Å². The summed E-state index contributed by atoms with van der Waals surface area (Å²) >= 11 is 0. The summed E-state index contributed by atoms with van der Waals surface area (Å²) in [5.41, 5.74) is 3.69. The molecule has 0 saturated carbocycles. The van der Waals surface area contributed by atoms with E-state index in [0.29, 0.717) is 22.9 Å². The molecule has 6 nitrogen and oxygen atoms in total. The third-order valence-corrected chi connectivity index (χ3v) is 6.69. The van der Waals surface area contributed by atoms with Crippen molar-refractivity contribution in [2.45, 2.75) is 85.0 Å². The molecule has 0 fully saturated rings. The lowest BCUT2D eigenvalue weighted by Gasteiger charge is -2.16. The number of rotatable bonds is 14. The van der Waals surface area contributed by atoms with Crippen molar-refractivity contribution in [3.63, 3.8) is 0 Å². The van der Waals surface area contributed by atoms with Crippen molar-refractivity contribution < 1.29 is 19.1 Å². The van der Waals surface area contributed by atoms with Crippen molar-refractivity contribution in [1.82, 2.24) is 0 Å². The first-order chi connectivity index (χ1) is 19.0. The van der Waals surface area contributed by atoms with Crippen LogP contribution >= 0.6 is 0 Å². The van der Waals surface area contributed by atoms with E-state index in [-0.39, 0.29) is 0 Å². The van der Waals surface area contributed by atoms with Crippen molar-refractivity contribution in [3.8, 4) is 11.5 Å². The minimum Gasteiger partial charge on any atom is -0.410 e. The summed E-state index contributed by atoms with van der Waals surface area (Å²) in [6, 6.07) is 20.6. The van der Waals surface area contributed by atoms with Gasteiger partial charge in [-0.05, 0) is 67.5 Å². The Labute approximate surface area is 233 Å². The van der Waals surface area contributed by atoms with Gasteiger partial charge in [-0.1, -0.05) is 101 Å². The molecule has 0 bridgehead atoms. The molecule has 6 heteroatoms. The van der Waals surface area contributed by atoms with E-state index in [0.717, 1.165) is 55.2 Å². The second-order valence-corrected chi connectivity index (χ2v) is 9.86. The number of ether oxygens (including phenoxy) is 2. The van der Waals surface area contributed by atoms with E-state index in [1.807, 2.05) is 61.5 Å². The van der Waals surface area contributed by atoms with Crippen molar-refractivity contribution in [2.24, 2.45) is 0 Å². The van der Waals surface area contributed by atoms with Crippen LogP contribution < -0.4 is 20.1 Å². The second kappa shape index (κ2) is 16.2. The Hall–Kier alpha value is -3.80. The number of carbonyl (C=O) groups excluding carboxylic acids is 2. The molecule has 3 rings (SSSR count). The molecule has 39 heavy (non-hydrogen) atoms. The summed E-state index contributed by atoms with van der Waals surface area (Å²) in [5, 5.41) is 5.61. The fourth-order valence-corrected chi connectivity index (χ4v) is 4.50. The van der Waals surface area contributed by atoms with Gasteiger partial charge in [-0.15, -0.1) is 0 Å². The lowest BCUT2D eigenvalue weighted by atomic mass is 10.1. The monoisotopic (exact) mass is 530 g/mol. The average molecular weight is 531 g/mol. The van der Waals surface area contributed by atoms with Gasteiger partial charge in [0.2, 0.25) is 0 Å². The van der Waals surface area contributed by atoms with Crippen LogP contribution in [0, 0.1) is 6.92 Å².